The summed E-state index contributed by atoms with van der Waals surface area (Å²) in [7, 11) is 0. The molecule has 100 valence electrons. The lowest BCUT2D eigenvalue weighted by Gasteiger charge is -2.35. The van der Waals surface area contributed by atoms with Crippen molar-refractivity contribution in [1.29, 1.82) is 5.26 Å². The molecule has 1 aliphatic heterocycles. The summed E-state index contributed by atoms with van der Waals surface area (Å²) in [5.74, 6) is 0. The molecule has 7 heteroatoms. The Labute approximate surface area is 109 Å². The number of benzene rings is 1. The third-order valence-corrected chi connectivity index (χ3v) is 3.05. The van der Waals surface area contributed by atoms with E-state index in [1.807, 2.05) is 6.07 Å². The van der Waals surface area contributed by atoms with Crippen molar-refractivity contribution >= 4 is 11.4 Å². The van der Waals surface area contributed by atoms with Gasteiger partial charge in [-0.15, -0.1) is 0 Å². The molecule has 2 rings (SSSR count). The Morgan fingerprint density at radius 3 is 3.05 bits per heavy atom. The van der Waals surface area contributed by atoms with Gasteiger partial charge in [-0.1, -0.05) is 0 Å². The summed E-state index contributed by atoms with van der Waals surface area (Å²) >= 11 is 0. The summed E-state index contributed by atoms with van der Waals surface area (Å²) in [5, 5.41) is 29.2. The van der Waals surface area contributed by atoms with Crippen molar-refractivity contribution in [1.82, 2.24) is 0 Å². The quantitative estimate of drug-likeness (QED) is 0.635. The molecule has 0 spiro atoms. The maximum atomic E-state index is 11.1. The molecule has 0 bridgehead atoms. The molecule has 0 saturated carbocycles. The van der Waals surface area contributed by atoms with Crippen molar-refractivity contribution in [2.45, 2.75) is 6.04 Å². The molecular weight excluding hydrogens is 250 g/mol. The number of ether oxygens (including phenoxy) is 1. The molecule has 1 unspecified atom stereocenters. The Kier molecular flexibility index (Phi) is 3.94. The lowest BCUT2D eigenvalue weighted by Crippen LogP contribution is -2.47. The van der Waals surface area contributed by atoms with Gasteiger partial charge in [0.15, 0.2) is 0 Å². The third-order valence-electron chi connectivity index (χ3n) is 3.05. The van der Waals surface area contributed by atoms with Gasteiger partial charge in [0.25, 0.3) is 5.69 Å². The van der Waals surface area contributed by atoms with Gasteiger partial charge in [-0.3, -0.25) is 10.1 Å². The lowest BCUT2D eigenvalue weighted by atomic mass is 10.1. The number of hydrogen-bond acceptors (Lipinski definition) is 6. The van der Waals surface area contributed by atoms with E-state index < -0.39 is 4.92 Å². The van der Waals surface area contributed by atoms with Gasteiger partial charge in [0, 0.05) is 12.6 Å². The molecule has 19 heavy (non-hydrogen) atoms. The van der Waals surface area contributed by atoms with Crippen LogP contribution in [0.3, 0.4) is 0 Å². The van der Waals surface area contributed by atoms with Crippen molar-refractivity contribution < 1.29 is 14.8 Å². The second-order valence-corrected chi connectivity index (χ2v) is 4.18. The Balaban J connectivity index is 2.43. The number of nitro groups is 1. The highest BCUT2D eigenvalue weighted by atomic mass is 16.6. The highest BCUT2D eigenvalue weighted by molar-refractivity contribution is 5.66. The van der Waals surface area contributed by atoms with Gasteiger partial charge >= 0.3 is 0 Å². The monoisotopic (exact) mass is 263 g/mol. The molecule has 1 N–H and O–H groups in total. The number of aliphatic hydroxyl groups is 1. The van der Waals surface area contributed by atoms with Crippen LogP contribution in [0, 0.1) is 21.4 Å². The predicted molar refractivity (Wildman–Crippen MR) is 66.9 cm³/mol. The average molecular weight is 263 g/mol. The number of morpholine rings is 1. The largest absolute Gasteiger partial charge is 0.394 e. The first-order valence-corrected chi connectivity index (χ1v) is 5.81. The number of aliphatic hydroxyl groups excluding tert-OH is 1. The van der Waals surface area contributed by atoms with E-state index in [-0.39, 0.29) is 23.9 Å². The molecule has 1 atom stereocenters. The highest BCUT2D eigenvalue weighted by Crippen LogP contribution is 2.31. The zero-order valence-electron chi connectivity index (χ0n) is 10.2. The number of rotatable bonds is 3. The molecule has 0 radical (unpaired) electrons. The molecule has 1 aromatic rings. The van der Waals surface area contributed by atoms with Gasteiger partial charge in [0.1, 0.15) is 5.69 Å². The van der Waals surface area contributed by atoms with Crippen LogP contribution in [0.4, 0.5) is 11.4 Å². The van der Waals surface area contributed by atoms with Gasteiger partial charge in [-0.25, -0.2) is 0 Å². The van der Waals surface area contributed by atoms with Crippen molar-refractivity contribution in [2.24, 2.45) is 0 Å². The van der Waals surface area contributed by atoms with Crippen molar-refractivity contribution in [2.75, 3.05) is 31.3 Å². The van der Waals surface area contributed by atoms with Gasteiger partial charge in [-0.2, -0.15) is 5.26 Å². The summed E-state index contributed by atoms with van der Waals surface area (Å²) in [6.07, 6.45) is 0. The van der Waals surface area contributed by atoms with Crippen LogP contribution in [0.25, 0.3) is 0 Å². The smallest absolute Gasteiger partial charge is 0.293 e. The molecule has 1 fully saturated rings. The van der Waals surface area contributed by atoms with Gasteiger partial charge in [-0.05, 0) is 12.1 Å². The van der Waals surface area contributed by atoms with E-state index in [0.717, 1.165) is 0 Å². The normalized spacial score (nSPS) is 18.9. The summed E-state index contributed by atoms with van der Waals surface area (Å²) < 4.78 is 5.25. The number of nitrogens with zero attached hydrogens (tertiary/aromatic N) is 3. The zero-order valence-corrected chi connectivity index (χ0v) is 10.2. The minimum Gasteiger partial charge on any atom is -0.394 e. The SMILES string of the molecule is N#Cc1ccc(N2CCOCC2CO)c([N+](=O)[O-])c1. The molecule has 1 aliphatic rings. The van der Waals surface area contributed by atoms with Gasteiger partial charge in [0.2, 0.25) is 0 Å². The van der Waals surface area contributed by atoms with Crippen LogP contribution in [0.1, 0.15) is 5.56 Å². The minimum atomic E-state index is -0.514. The fourth-order valence-corrected chi connectivity index (χ4v) is 2.11. The number of nitriles is 1. The summed E-state index contributed by atoms with van der Waals surface area (Å²) in [6.45, 7) is 1.11. The zero-order chi connectivity index (χ0) is 13.8. The van der Waals surface area contributed by atoms with Crippen LogP contribution in [0.5, 0.6) is 0 Å². The lowest BCUT2D eigenvalue weighted by molar-refractivity contribution is -0.384. The molecule has 7 nitrogen and oxygen atoms in total. The van der Waals surface area contributed by atoms with Gasteiger partial charge < -0.3 is 14.7 Å². The van der Waals surface area contributed by atoms with E-state index in [2.05, 4.69) is 0 Å². The Morgan fingerprint density at radius 1 is 1.63 bits per heavy atom. The fraction of sp³-hybridized carbons (Fsp3) is 0.417. The second-order valence-electron chi connectivity index (χ2n) is 4.18. The van der Waals surface area contributed by atoms with Crippen LogP contribution in [-0.4, -0.2) is 42.4 Å². The summed E-state index contributed by atoms with van der Waals surface area (Å²) in [4.78, 5) is 12.3. The molecule has 0 amide bonds. The van der Waals surface area contributed by atoms with Crippen LogP contribution in [-0.2, 0) is 4.74 Å². The summed E-state index contributed by atoms with van der Waals surface area (Å²) in [5.41, 5.74) is 0.523. The molecule has 1 heterocycles. The average Bonchev–Trinajstić information content (AvgIpc) is 2.46. The van der Waals surface area contributed by atoms with E-state index in [1.165, 1.54) is 12.1 Å². The van der Waals surface area contributed by atoms with E-state index in [0.29, 0.717) is 25.4 Å². The standard InChI is InChI=1S/C12H13N3O4/c13-6-9-1-2-11(12(5-9)15(17)18)14-3-4-19-8-10(14)7-16/h1-2,5,10,16H,3-4,7-8H2. The maximum Gasteiger partial charge on any atom is 0.293 e. The first-order valence-electron chi connectivity index (χ1n) is 5.81. The van der Waals surface area contributed by atoms with Crippen LogP contribution < -0.4 is 4.90 Å². The minimum absolute atomic E-state index is 0.126. The first kappa shape index (κ1) is 13.3. The topological polar surface area (TPSA) is 99.6 Å². The summed E-state index contributed by atoms with van der Waals surface area (Å²) in [6, 6.07) is 5.90. The Morgan fingerprint density at radius 2 is 2.42 bits per heavy atom. The van der Waals surface area contributed by atoms with E-state index in [9.17, 15) is 15.2 Å². The van der Waals surface area contributed by atoms with Crippen molar-refractivity contribution in [3.8, 4) is 6.07 Å². The Bertz CT molecular complexity index is 526. The third kappa shape index (κ3) is 2.65. The second kappa shape index (κ2) is 5.65. The predicted octanol–water partition coefficient (Wildman–Crippen LogP) is 0.664. The highest BCUT2D eigenvalue weighted by Gasteiger charge is 2.28. The number of nitro benzene ring substituents is 1. The van der Waals surface area contributed by atoms with Crippen LogP contribution >= 0.6 is 0 Å². The molecular formula is C12H13N3O4. The van der Waals surface area contributed by atoms with E-state index in [1.54, 1.807) is 11.0 Å². The molecule has 1 aromatic carbocycles. The number of hydrogen-bond donors (Lipinski definition) is 1. The van der Waals surface area contributed by atoms with Crippen molar-refractivity contribution in [3.63, 3.8) is 0 Å². The maximum absolute atomic E-state index is 11.1. The fourth-order valence-electron chi connectivity index (χ4n) is 2.11. The molecule has 1 saturated heterocycles. The molecule has 0 aliphatic carbocycles. The Hall–Kier alpha value is -2.17. The van der Waals surface area contributed by atoms with Crippen LogP contribution in [0.2, 0.25) is 0 Å². The van der Waals surface area contributed by atoms with Crippen molar-refractivity contribution in [3.05, 3.63) is 33.9 Å². The molecule has 0 aromatic heterocycles. The van der Waals surface area contributed by atoms with Gasteiger partial charge in [0.05, 0.1) is 42.4 Å². The van der Waals surface area contributed by atoms with E-state index >= 15 is 0 Å². The van der Waals surface area contributed by atoms with E-state index in [4.69, 9.17) is 10.00 Å². The van der Waals surface area contributed by atoms with Crippen LogP contribution in [0.15, 0.2) is 18.2 Å². The first-order chi connectivity index (χ1) is 9.17. The number of anilines is 1.